The molecule has 0 bridgehead atoms. The summed E-state index contributed by atoms with van der Waals surface area (Å²) in [7, 11) is 0. The number of hydrogen-bond acceptors (Lipinski definition) is 2. The molecule has 0 heterocycles. The predicted octanol–water partition coefficient (Wildman–Crippen LogP) is 2.86. The van der Waals surface area contributed by atoms with Gasteiger partial charge in [0.15, 0.2) is 0 Å². The van der Waals surface area contributed by atoms with E-state index in [9.17, 15) is 4.79 Å². The molecule has 2 atom stereocenters. The van der Waals surface area contributed by atoms with Crippen LogP contribution in [0.2, 0.25) is 0 Å². The van der Waals surface area contributed by atoms with E-state index in [0.717, 1.165) is 38.6 Å². The Morgan fingerprint density at radius 1 is 1.19 bits per heavy atom. The minimum atomic E-state index is 0.168. The Bertz CT molecular complexity index is 492. The average molecular weight is 286 g/mol. The van der Waals surface area contributed by atoms with Gasteiger partial charge in [0.25, 0.3) is 0 Å². The number of amides is 1. The zero-order valence-corrected chi connectivity index (χ0v) is 12.9. The number of rotatable bonds is 5. The normalized spacial score (nSPS) is 25.0. The minimum absolute atomic E-state index is 0.168. The third-order valence-electron chi connectivity index (χ3n) is 5.02. The molecule has 1 aromatic rings. The van der Waals surface area contributed by atoms with Crippen molar-refractivity contribution < 1.29 is 4.79 Å². The highest BCUT2D eigenvalue weighted by molar-refractivity contribution is 5.80. The van der Waals surface area contributed by atoms with Crippen LogP contribution in [0.5, 0.6) is 0 Å². The highest BCUT2D eigenvalue weighted by atomic mass is 16.2. The monoisotopic (exact) mass is 286 g/mol. The lowest BCUT2D eigenvalue weighted by Crippen LogP contribution is -2.40. The molecule has 2 aliphatic carbocycles. The van der Waals surface area contributed by atoms with Crippen molar-refractivity contribution in [1.82, 2.24) is 4.90 Å². The van der Waals surface area contributed by atoms with Crippen molar-refractivity contribution in [2.75, 3.05) is 6.54 Å². The van der Waals surface area contributed by atoms with E-state index in [-0.39, 0.29) is 5.92 Å². The first-order valence-electron chi connectivity index (χ1n) is 8.25. The fraction of sp³-hybridized carbons (Fsp3) is 0.611. The molecule has 3 heteroatoms. The Morgan fingerprint density at radius 3 is 2.52 bits per heavy atom. The average Bonchev–Trinajstić information content (AvgIpc) is 3.22. The predicted molar refractivity (Wildman–Crippen MR) is 84.6 cm³/mol. The molecular weight excluding hydrogens is 260 g/mol. The van der Waals surface area contributed by atoms with Crippen molar-refractivity contribution in [2.45, 2.75) is 51.6 Å². The standard InChI is InChI=1S/C18H26N2O/c1-13-5-7-14(8-6-13)12-20(16-9-10-16)18(21)17-4-2-3-15(17)11-19/h5-8,15-17H,2-4,9-12,19H2,1H3. The number of carbonyl (C=O) groups excluding carboxylic acids is 1. The SMILES string of the molecule is Cc1ccc(CN(C(=O)C2CCCC2CN)C2CC2)cc1. The molecule has 3 rings (SSSR count). The molecule has 3 nitrogen and oxygen atoms in total. The Morgan fingerprint density at radius 2 is 1.90 bits per heavy atom. The first-order valence-corrected chi connectivity index (χ1v) is 8.25. The lowest BCUT2D eigenvalue weighted by Gasteiger charge is -2.28. The van der Waals surface area contributed by atoms with Crippen LogP contribution in [0, 0.1) is 18.8 Å². The van der Waals surface area contributed by atoms with Crippen LogP contribution in [-0.4, -0.2) is 23.4 Å². The maximum atomic E-state index is 12.9. The Kier molecular flexibility index (Phi) is 4.29. The molecular formula is C18H26N2O. The molecule has 1 aromatic carbocycles. The summed E-state index contributed by atoms with van der Waals surface area (Å²) in [5.74, 6) is 0.920. The van der Waals surface area contributed by atoms with Crippen molar-refractivity contribution in [3.05, 3.63) is 35.4 Å². The summed E-state index contributed by atoms with van der Waals surface area (Å²) in [4.78, 5) is 15.1. The van der Waals surface area contributed by atoms with Crippen molar-refractivity contribution >= 4 is 5.91 Å². The van der Waals surface area contributed by atoms with Gasteiger partial charge < -0.3 is 10.6 Å². The van der Waals surface area contributed by atoms with Crippen molar-refractivity contribution in [3.8, 4) is 0 Å². The number of nitrogens with two attached hydrogens (primary N) is 1. The fourth-order valence-electron chi connectivity index (χ4n) is 3.52. The van der Waals surface area contributed by atoms with Gasteiger partial charge in [-0.3, -0.25) is 4.79 Å². The zero-order valence-electron chi connectivity index (χ0n) is 12.9. The summed E-state index contributed by atoms with van der Waals surface area (Å²) in [5, 5.41) is 0. The summed E-state index contributed by atoms with van der Waals surface area (Å²) >= 11 is 0. The van der Waals surface area contributed by atoms with Gasteiger partial charge in [-0.15, -0.1) is 0 Å². The number of carbonyl (C=O) groups is 1. The van der Waals surface area contributed by atoms with E-state index in [1.165, 1.54) is 11.1 Å². The van der Waals surface area contributed by atoms with Crippen molar-refractivity contribution in [1.29, 1.82) is 0 Å². The third kappa shape index (κ3) is 3.29. The van der Waals surface area contributed by atoms with Crippen LogP contribution < -0.4 is 5.73 Å². The molecule has 2 fully saturated rings. The molecule has 1 amide bonds. The van der Waals surface area contributed by atoms with E-state index in [0.29, 0.717) is 24.4 Å². The second kappa shape index (κ2) is 6.18. The molecule has 2 saturated carbocycles. The van der Waals surface area contributed by atoms with Crippen LogP contribution in [0.25, 0.3) is 0 Å². The van der Waals surface area contributed by atoms with Crippen LogP contribution in [0.1, 0.15) is 43.2 Å². The van der Waals surface area contributed by atoms with Gasteiger partial charge >= 0.3 is 0 Å². The van der Waals surface area contributed by atoms with Crippen LogP contribution in [0.15, 0.2) is 24.3 Å². The molecule has 2 unspecified atom stereocenters. The molecule has 21 heavy (non-hydrogen) atoms. The van der Waals surface area contributed by atoms with Gasteiger partial charge in [0.05, 0.1) is 0 Å². The highest BCUT2D eigenvalue weighted by Gasteiger charge is 2.40. The van der Waals surface area contributed by atoms with Gasteiger partial charge in [-0.2, -0.15) is 0 Å². The van der Waals surface area contributed by atoms with Crippen molar-refractivity contribution in [2.24, 2.45) is 17.6 Å². The van der Waals surface area contributed by atoms with E-state index in [4.69, 9.17) is 5.73 Å². The minimum Gasteiger partial charge on any atom is -0.335 e. The first kappa shape index (κ1) is 14.6. The van der Waals surface area contributed by atoms with Crippen LogP contribution in [0.4, 0.5) is 0 Å². The lowest BCUT2D eigenvalue weighted by atomic mass is 9.94. The quantitative estimate of drug-likeness (QED) is 0.904. The van der Waals surface area contributed by atoms with Crippen molar-refractivity contribution in [3.63, 3.8) is 0 Å². The third-order valence-corrected chi connectivity index (χ3v) is 5.02. The maximum Gasteiger partial charge on any atom is 0.226 e. The van der Waals surface area contributed by atoms with E-state index >= 15 is 0 Å². The van der Waals surface area contributed by atoms with E-state index in [2.05, 4.69) is 36.1 Å². The van der Waals surface area contributed by atoms with E-state index in [1.807, 2.05) is 0 Å². The largest absolute Gasteiger partial charge is 0.335 e. The molecule has 0 aliphatic heterocycles. The number of nitrogens with zero attached hydrogens (tertiary/aromatic N) is 1. The summed E-state index contributed by atoms with van der Waals surface area (Å²) in [5.41, 5.74) is 8.36. The second-order valence-electron chi connectivity index (χ2n) is 6.72. The van der Waals surface area contributed by atoms with Gasteiger partial charge in [0.1, 0.15) is 0 Å². The molecule has 0 spiro atoms. The summed E-state index contributed by atoms with van der Waals surface area (Å²) in [6, 6.07) is 9.02. The van der Waals surface area contributed by atoms with Crippen LogP contribution in [0.3, 0.4) is 0 Å². The molecule has 0 aromatic heterocycles. The van der Waals surface area contributed by atoms with Gasteiger partial charge in [-0.1, -0.05) is 36.2 Å². The lowest BCUT2D eigenvalue weighted by molar-refractivity contribution is -0.137. The number of aryl methyl sites for hydroxylation is 1. The Hall–Kier alpha value is -1.35. The summed E-state index contributed by atoms with van der Waals surface area (Å²) in [6.07, 6.45) is 5.63. The van der Waals surface area contributed by atoms with E-state index < -0.39 is 0 Å². The first-order chi connectivity index (χ1) is 10.2. The van der Waals surface area contributed by atoms with Crippen LogP contribution in [-0.2, 0) is 11.3 Å². The molecule has 0 radical (unpaired) electrons. The van der Waals surface area contributed by atoms with Gasteiger partial charge in [0, 0.05) is 18.5 Å². The smallest absolute Gasteiger partial charge is 0.226 e. The highest BCUT2D eigenvalue weighted by Crippen LogP contribution is 2.36. The van der Waals surface area contributed by atoms with E-state index in [1.54, 1.807) is 0 Å². The Labute approximate surface area is 127 Å². The number of benzene rings is 1. The molecule has 0 saturated heterocycles. The topological polar surface area (TPSA) is 46.3 Å². The molecule has 114 valence electrons. The maximum absolute atomic E-state index is 12.9. The number of hydrogen-bond donors (Lipinski definition) is 1. The van der Waals surface area contributed by atoms with Gasteiger partial charge in [-0.05, 0) is 50.6 Å². The fourth-order valence-corrected chi connectivity index (χ4v) is 3.52. The van der Waals surface area contributed by atoms with Gasteiger partial charge in [-0.25, -0.2) is 0 Å². The molecule has 2 aliphatic rings. The summed E-state index contributed by atoms with van der Waals surface area (Å²) < 4.78 is 0. The van der Waals surface area contributed by atoms with Crippen LogP contribution >= 0.6 is 0 Å². The zero-order chi connectivity index (χ0) is 14.8. The summed E-state index contributed by atoms with van der Waals surface area (Å²) in [6.45, 7) is 3.51. The second-order valence-corrected chi connectivity index (χ2v) is 6.72. The Balaban J connectivity index is 1.72. The molecule has 2 N–H and O–H groups in total. The van der Waals surface area contributed by atoms with Gasteiger partial charge in [0.2, 0.25) is 5.91 Å².